The number of carbonyl (C=O) groups excluding carboxylic acids is 1. The van der Waals surface area contributed by atoms with Crippen molar-refractivity contribution in [2.45, 2.75) is 25.9 Å². The number of fused-ring (bicyclic) bond motifs is 1. The Bertz CT molecular complexity index is 654. The summed E-state index contributed by atoms with van der Waals surface area (Å²) in [6.45, 7) is 4.31. The van der Waals surface area contributed by atoms with Crippen molar-refractivity contribution >= 4 is 34.5 Å². The van der Waals surface area contributed by atoms with E-state index < -0.39 is 0 Å². The summed E-state index contributed by atoms with van der Waals surface area (Å²) in [5.41, 5.74) is 1.77. The van der Waals surface area contributed by atoms with Crippen LogP contribution in [0.15, 0.2) is 35.7 Å². The fourth-order valence-corrected chi connectivity index (χ4v) is 3.79. The van der Waals surface area contributed by atoms with Crippen molar-refractivity contribution in [2.75, 3.05) is 5.32 Å². The molecule has 3 rings (SSSR count). The van der Waals surface area contributed by atoms with Crippen LogP contribution in [0, 0.1) is 5.92 Å². The van der Waals surface area contributed by atoms with Crippen molar-refractivity contribution in [1.82, 2.24) is 5.32 Å². The largest absolute Gasteiger partial charge is 0.324 e. The van der Waals surface area contributed by atoms with Gasteiger partial charge in [0.05, 0.1) is 0 Å². The summed E-state index contributed by atoms with van der Waals surface area (Å²) in [7, 11) is 0. The molecule has 2 N–H and O–H groups in total. The molecule has 3 nitrogen and oxygen atoms in total. The number of thiophene rings is 1. The third kappa shape index (κ3) is 2.84. The van der Waals surface area contributed by atoms with E-state index in [-0.39, 0.29) is 18.0 Å². The Morgan fingerprint density at radius 3 is 2.81 bits per heavy atom. The van der Waals surface area contributed by atoms with Crippen LogP contribution < -0.4 is 10.6 Å². The summed E-state index contributed by atoms with van der Waals surface area (Å²) in [6, 6.07) is 9.44. The molecule has 1 aromatic heterocycles. The fraction of sp³-hybridized carbons (Fsp3) is 0.312. The Hall–Kier alpha value is -1.36. The lowest BCUT2D eigenvalue weighted by Crippen LogP contribution is -2.33. The number of nitrogens with one attached hydrogen (secondary N) is 2. The van der Waals surface area contributed by atoms with E-state index in [1.54, 1.807) is 17.4 Å². The molecule has 1 aromatic carbocycles. The highest BCUT2D eigenvalue weighted by molar-refractivity contribution is 7.10. The van der Waals surface area contributed by atoms with Gasteiger partial charge >= 0.3 is 0 Å². The smallest absolute Gasteiger partial charge is 0.246 e. The van der Waals surface area contributed by atoms with Gasteiger partial charge in [-0.3, -0.25) is 10.1 Å². The van der Waals surface area contributed by atoms with Gasteiger partial charge in [0.1, 0.15) is 6.04 Å². The molecule has 1 amide bonds. The number of anilines is 1. The van der Waals surface area contributed by atoms with Gasteiger partial charge in [0.2, 0.25) is 5.91 Å². The van der Waals surface area contributed by atoms with Gasteiger partial charge in [0.25, 0.3) is 0 Å². The number of benzene rings is 1. The molecule has 21 heavy (non-hydrogen) atoms. The van der Waals surface area contributed by atoms with Gasteiger partial charge < -0.3 is 5.32 Å². The maximum Gasteiger partial charge on any atom is 0.246 e. The topological polar surface area (TPSA) is 41.1 Å². The van der Waals surface area contributed by atoms with Crippen LogP contribution in [0.4, 0.5) is 5.69 Å². The van der Waals surface area contributed by atoms with E-state index in [1.807, 2.05) is 18.2 Å². The summed E-state index contributed by atoms with van der Waals surface area (Å²) in [4.78, 5) is 13.5. The van der Waals surface area contributed by atoms with Crippen molar-refractivity contribution < 1.29 is 4.79 Å². The van der Waals surface area contributed by atoms with Gasteiger partial charge in [-0.1, -0.05) is 31.5 Å². The van der Waals surface area contributed by atoms with Crippen LogP contribution in [0.1, 0.15) is 36.4 Å². The molecule has 1 aliphatic rings. The highest BCUT2D eigenvalue weighted by atomic mass is 35.5. The van der Waals surface area contributed by atoms with Crippen LogP contribution >= 0.6 is 22.9 Å². The van der Waals surface area contributed by atoms with E-state index in [4.69, 9.17) is 11.6 Å². The van der Waals surface area contributed by atoms with E-state index in [0.717, 1.165) is 11.3 Å². The molecular formula is C16H17ClN2OS. The third-order valence-corrected chi connectivity index (χ3v) is 4.90. The molecule has 2 aromatic rings. The number of hydrogen-bond acceptors (Lipinski definition) is 3. The average molecular weight is 321 g/mol. The zero-order chi connectivity index (χ0) is 15.0. The number of hydrogen-bond donors (Lipinski definition) is 2. The first-order valence-corrected chi connectivity index (χ1v) is 8.22. The second-order valence-corrected chi connectivity index (χ2v) is 6.97. The first kappa shape index (κ1) is 14.6. The second kappa shape index (κ2) is 5.79. The van der Waals surface area contributed by atoms with Gasteiger partial charge in [-0.05, 0) is 35.6 Å². The van der Waals surface area contributed by atoms with E-state index in [1.165, 1.54) is 4.88 Å². The third-order valence-electron chi connectivity index (χ3n) is 3.71. The maximum absolute atomic E-state index is 12.3. The van der Waals surface area contributed by atoms with Gasteiger partial charge in [0.15, 0.2) is 0 Å². The molecule has 2 heterocycles. The lowest BCUT2D eigenvalue weighted by molar-refractivity contribution is -0.117. The van der Waals surface area contributed by atoms with Crippen LogP contribution in [-0.4, -0.2) is 5.91 Å². The van der Waals surface area contributed by atoms with E-state index in [2.05, 4.69) is 35.9 Å². The normalized spacial score (nSPS) is 18.7. The predicted molar refractivity (Wildman–Crippen MR) is 87.9 cm³/mol. The number of amides is 1. The fourth-order valence-electron chi connectivity index (χ4n) is 2.65. The second-order valence-electron chi connectivity index (χ2n) is 5.56. The molecule has 1 aliphatic heterocycles. The molecule has 2 atom stereocenters. The molecule has 0 radical (unpaired) electrons. The van der Waals surface area contributed by atoms with Gasteiger partial charge in [-0.25, -0.2) is 0 Å². The standard InChI is InChI=1S/C16H17ClN2OS/c1-9(2)14(13-4-3-7-21-13)19-15-11-8-10(17)5-6-12(11)18-16(15)20/h3-9,14-15,19H,1-2H3,(H,18,20). The lowest BCUT2D eigenvalue weighted by Gasteiger charge is -2.24. The minimum absolute atomic E-state index is 0.0190. The minimum Gasteiger partial charge on any atom is -0.324 e. The van der Waals surface area contributed by atoms with Crippen LogP contribution in [0.25, 0.3) is 0 Å². The van der Waals surface area contributed by atoms with Gasteiger partial charge in [-0.2, -0.15) is 0 Å². The summed E-state index contributed by atoms with van der Waals surface area (Å²) < 4.78 is 0. The first-order chi connectivity index (χ1) is 10.1. The minimum atomic E-state index is -0.354. The Kier molecular flexibility index (Phi) is 4.02. The molecule has 0 saturated heterocycles. The molecule has 0 bridgehead atoms. The maximum atomic E-state index is 12.3. The number of halogens is 1. The first-order valence-electron chi connectivity index (χ1n) is 6.96. The van der Waals surface area contributed by atoms with Crippen molar-refractivity contribution in [1.29, 1.82) is 0 Å². The van der Waals surface area contributed by atoms with Gasteiger partial charge in [-0.15, -0.1) is 11.3 Å². The monoisotopic (exact) mass is 320 g/mol. The highest BCUT2D eigenvalue weighted by Crippen LogP contribution is 2.36. The average Bonchev–Trinajstić information content (AvgIpc) is 3.04. The van der Waals surface area contributed by atoms with E-state index >= 15 is 0 Å². The number of carbonyl (C=O) groups is 1. The molecule has 110 valence electrons. The Labute approximate surface area is 133 Å². The van der Waals surface area contributed by atoms with Crippen molar-refractivity contribution in [3.63, 3.8) is 0 Å². The van der Waals surface area contributed by atoms with Gasteiger partial charge in [0, 0.05) is 27.2 Å². The molecule has 5 heteroatoms. The quantitative estimate of drug-likeness (QED) is 0.877. The summed E-state index contributed by atoms with van der Waals surface area (Å²) in [6.07, 6.45) is 0. The van der Waals surface area contributed by atoms with Crippen molar-refractivity contribution in [3.8, 4) is 0 Å². The molecule has 2 unspecified atom stereocenters. The lowest BCUT2D eigenvalue weighted by atomic mass is 9.99. The highest BCUT2D eigenvalue weighted by Gasteiger charge is 2.33. The van der Waals surface area contributed by atoms with E-state index in [0.29, 0.717) is 10.9 Å². The molecule has 0 aliphatic carbocycles. The molecule has 0 fully saturated rings. The Morgan fingerprint density at radius 1 is 1.33 bits per heavy atom. The summed E-state index contributed by atoms with van der Waals surface area (Å²) >= 11 is 7.78. The van der Waals surface area contributed by atoms with Crippen LogP contribution in [0.2, 0.25) is 5.02 Å². The number of rotatable bonds is 4. The zero-order valence-electron chi connectivity index (χ0n) is 11.9. The van der Waals surface area contributed by atoms with Crippen LogP contribution in [0.5, 0.6) is 0 Å². The Balaban J connectivity index is 1.90. The Morgan fingerprint density at radius 2 is 2.14 bits per heavy atom. The molecule has 0 saturated carbocycles. The van der Waals surface area contributed by atoms with Crippen molar-refractivity contribution in [3.05, 3.63) is 51.2 Å². The molecular weight excluding hydrogens is 304 g/mol. The van der Waals surface area contributed by atoms with Crippen LogP contribution in [0.3, 0.4) is 0 Å². The summed E-state index contributed by atoms with van der Waals surface area (Å²) in [5, 5.41) is 9.11. The predicted octanol–water partition coefficient (Wildman–Crippen LogP) is 4.38. The van der Waals surface area contributed by atoms with E-state index in [9.17, 15) is 4.79 Å². The SMILES string of the molecule is CC(C)C(NC1C(=O)Nc2ccc(Cl)cc21)c1cccs1. The summed E-state index contributed by atoms with van der Waals surface area (Å²) in [5.74, 6) is 0.370. The van der Waals surface area contributed by atoms with Crippen LogP contribution in [-0.2, 0) is 4.79 Å². The van der Waals surface area contributed by atoms with Crippen molar-refractivity contribution in [2.24, 2.45) is 5.92 Å². The zero-order valence-corrected chi connectivity index (χ0v) is 13.5. The molecule has 0 spiro atoms.